The van der Waals surface area contributed by atoms with Gasteiger partial charge in [0.05, 0.1) is 0 Å². The standard InChI is InChI=1S/C16H21N3O2/c17-8-7-12-1-3-13(4-2-12)16(21)18-9-10-19-14(11-18)5-6-15(19)20/h1-4,14H,5-11,17H2. The van der Waals surface area contributed by atoms with Crippen molar-refractivity contribution in [2.75, 3.05) is 26.2 Å². The molecule has 1 unspecified atom stereocenters. The van der Waals surface area contributed by atoms with Gasteiger partial charge in [-0.1, -0.05) is 12.1 Å². The number of hydrogen-bond donors (Lipinski definition) is 1. The highest BCUT2D eigenvalue weighted by molar-refractivity contribution is 5.94. The first-order valence-electron chi connectivity index (χ1n) is 7.57. The molecule has 5 heteroatoms. The Morgan fingerprint density at radius 2 is 2.00 bits per heavy atom. The van der Waals surface area contributed by atoms with Gasteiger partial charge in [-0.2, -0.15) is 0 Å². The van der Waals surface area contributed by atoms with E-state index in [1.165, 1.54) is 0 Å². The Hall–Kier alpha value is -1.88. The molecule has 1 aromatic rings. The fraction of sp³-hybridized carbons (Fsp3) is 0.500. The van der Waals surface area contributed by atoms with E-state index in [1.807, 2.05) is 34.1 Å². The third-order valence-corrected chi connectivity index (χ3v) is 4.42. The molecule has 112 valence electrons. The van der Waals surface area contributed by atoms with Crippen LogP contribution in [0.4, 0.5) is 0 Å². The molecule has 2 fully saturated rings. The van der Waals surface area contributed by atoms with Crippen molar-refractivity contribution >= 4 is 11.8 Å². The van der Waals surface area contributed by atoms with Gasteiger partial charge in [0.15, 0.2) is 0 Å². The molecule has 1 aromatic carbocycles. The van der Waals surface area contributed by atoms with E-state index in [0.29, 0.717) is 38.2 Å². The molecule has 0 saturated carbocycles. The first kappa shape index (κ1) is 14.1. The van der Waals surface area contributed by atoms with Crippen molar-refractivity contribution < 1.29 is 9.59 Å². The number of piperazine rings is 1. The first-order valence-corrected chi connectivity index (χ1v) is 7.57. The number of nitrogens with two attached hydrogens (primary N) is 1. The second-order valence-corrected chi connectivity index (χ2v) is 5.77. The van der Waals surface area contributed by atoms with E-state index in [2.05, 4.69) is 0 Å². The Morgan fingerprint density at radius 1 is 1.24 bits per heavy atom. The summed E-state index contributed by atoms with van der Waals surface area (Å²) in [5.41, 5.74) is 7.40. The molecule has 3 rings (SSSR count). The Balaban J connectivity index is 1.66. The summed E-state index contributed by atoms with van der Waals surface area (Å²) in [5, 5.41) is 0. The molecule has 21 heavy (non-hydrogen) atoms. The summed E-state index contributed by atoms with van der Waals surface area (Å²) in [6.07, 6.45) is 2.33. The third-order valence-electron chi connectivity index (χ3n) is 4.42. The predicted molar refractivity (Wildman–Crippen MR) is 79.8 cm³/mol. The summed E-state index contributed by atoms with van der Waals surface area (Å²) in [5.74, 6) is 0.298. The van der Waals surface area contributed by atoms with Crippen molar-refractivity contribution in [2.45, 2.75) is 25.3 Å². The topological polar surface area (TPSA) is 66.6 Å². The smallest absolute Gasteiger partial charge is 0.253 e. The first-order chi connectivity index (χ1) is 10.2. The van der Waals surface area contributed by atoms with Crippen molar-refractivity contribution in [3.8, 4) is 0 Å². The van der Waals surface area contributed by atoms with Crippen LogP contribution in [0.3, 0.4) is 0 Å². The van der Waals surface area contributed by atoms with Crippen LogP contribution in [0, 0.1) is 0 Å². The molecule has 2 amide bonds. The number of hydrogen-bond acceptors (Lipinski definition) is 3. The van der Waals surface area contributed by atoms with Crippen molar-refractivity contribution in [1.29, 1.82) is 0 Å². The van der Waals surface area contributed by atoms with Crippen LogP contribution in [0.1, 0.15) is 28.8 Å². The van der Waals surface area contributed by atoms with Crippen LogP contribution in [-0.4, -0.2) is 53.8 Å². The van der Waals surface area contributed by atoms with Crippen LogP contribution in [0.2, 0.25) is 0 Å². The van der Waals surface area contributed by atoms with Gasteiger partial charge in [-0.15, -0.1) is 0 Å². The van der Waals surface area contributed by atoms with Crippen molar-refractivity contribution in [2.24, 2.45) is 5.73 Å². The molecule has 0 spiro atoms. The van der Waals surface area contributed by atoms with Crippen molar-refractivity contribution in [3.63, 3.8) is 0 Å². The van der Waals surface area contributed by atoms with E-state index in [9.17, 15) is 9.59 Å². The highest BCUT2D eigenvalue weighted by atomic mass is 16.2. The number of rotatable bonds is 3. The summed E-state index contributed by atoms with van der Waals surface area (Å²) in [6, 6.07) is 7.90. The molecule has 2 heterocycles. The molecule has 0 aliphatic carbocycles. The molecule has 5 nitrogen and oxygen atoms in total. The second kappa shape index (κ2) is 5.85. The highest BCUT2D eigenvalue weighted by Crippen LogP contribution is 2.23. The van der Waals surface area contributed by atoms with Gasteiger partial charge in [0.2, 0.25) is 5.91 Å². The molecule has 2 aliphatic heterocycles. The average molecular weight is 287 g/mol. The van der Waals surface area contributed by atoms with Crippen molar-refractivity contribution in [3.05, 3.63) is 35.4 Å². The van der Waals surface area contributed by atoms with Crippen LogP contribution in [0.5, 0.6) is 0 Å². The van der Waals surface area contributed by atoms with Gasteiger partial charge in [-0.25, -0.2) is 0 Å². The lowest BCUT2D eigenvalue weighted by molar-refractivity contribution is -0.130. The largest absolute Gasteiger partial charge is 0.336 e. The Kier molecular flexibility index (Phi) is 3.92. The van der Waals surface area contributed by atoms with E-state index in [4.69, 9.17) is 5.73 Å². The minimum absolute atomic E-state index is 0.0632. The zero-order valence-electron chi connectivity index (χ0n) is 12.1. The fourth-order valence-electron chi connectivity index (χ4n) is 3.21. The lowest BCUT2D eigenvalue weighted by atomic mass is 10.1. The van der Waals surface area contributed by atoms with E-state index < -0.39 is 0 Å². The van der Waals surface area contributed by atoms with E-state index in [-0.39, 0.29) is 17.9 Å². The zero-order chi connectivity index (χ0) is 14.8. The van der Waals surface area contributed by atoms with Gasteiger partial charge in [0.1, 0.15) is 0 Å². The molecule has 0 aromatic heterocycles. The maximum absolute atomic E-state index is 12.5. The summed E-state index contributed by atoms with van der Waals surface area (Å²) < 4.78 is 0. The summed E-state index contributed by atoms with van der Waals surface area (Å²) in [7, 11) is 0. The van der Waals surface area contributed by atoms with E-state index in [1.54, 1.807) is 0 Å². The Morgan fingerprint density at radius 3 is 2.71 bits per heavy atom. The van der Waals surface area contributed by atoms with Gasteiger partial charge in [-0.05, 0) is 37.1 Å². The Labute approximate surface area is 124 Å². The third kappa shape index (κ3) is 2.78. The summed E-state index contributed by atoms with van der Waals surface area (Å²) in [4.78, 5) is 28.0. The van der Waals surface area contributed by atoms with Gasteiger partial charge in [0.25, 0.3) is 5.91 Å². The van der Waals surface area contributed by atoms with Crippen LogP contribution < -0.4 is 5.73 Å². The van der Waals surface area contributed by atoms with Crippen LogP contribution in [0.15, 0.2) is 24.3 Å². The number of carbonyl (C=O) groups is 2. The van der Waals surface area contributed by atoms with Gasteiger partial charge < -0.3 is 15.5 Å². The van der Waals surface area contributed by atoms with Gasteiger partial charge in [-0.3, -0.25) is 9.59 Å². The molecule has 2 saturated heterocycles. The molecule has 2 aliphatic rings. The lowest BCUT2D eigenvalue weighted by Crippen LogP contribution is -2.53. The number of benzene rings is 1. The number of nitrogens with zero attached hydrogens (tertiary/aromatic N) is 2. The average Bonchev–Trinajstić information content (AvgIpc) is 2.88. The molecule has 2 N–H and O–H groups in total. The molecule has 0 radical (unpaired) electrons. The SMILES string of the molecule is NCCc1ccc(C(=O)N2CCN3C(=O)CCC3C2)cc1. The van der Waals surface area contributed by atoms with Crippen LogP contribution in [-0.2, 0) is 11.2 Å². The molecular weight excluding hydrogens is 266 g/mol. The maximum atomic E-state index is 12.5. The Bertz CT molecular complexity index is 541. The molecular formula is C16H21N3O2. The van der Waals surface area contributed by atoms with E-state index in [0.717, 1.165) is 18.4 Å². The monoisotopic (exact) mass is 287 g/mol. The van der Waals surface area contributed by atoms with Crippen molar-refractivity contribution in [1.82, 2.24) is 9.80 Å². The maximum Gasteiger partial charge on any atom is 0.253 e. The highest BCUT2D eigenvalue weighted by Gasteiger charge is 2.36. The normalized spacial score (nSPS) is 21.6. The quantitative estimate of drug-likeness (QED) is 0.887. The number of carbonyl (C=O) groups excluding carboxylic acids is 2. The van der Waals surface area contributed by atoms with E-state index >= 15 is 0 Å². The second-order valence-electron chi connectivity index (χ2n) is 5.77. The lowest BCUT2D eigenvalue weighted by Gasteiger charge is -2.37. The minimum Gasteiger partial charge on any atom is -0.336 e. The fourth-order valence-corrected chi connectivity index (χ4v) is 3.21. The van der Waals surface area contributed by atoms with Crippen LogP contribution in [0.25, 0.3) is 0 Å². The summed E-state index contributed by atoms with van der Waals surface area (Å²) in [6.45, 7) is 2.58. The zero-order valence-corrected chi connectivity index (χ0v) is 12.1. The number of fused-ring (bicyclic) bond motifs is 1. The predicted octanol–water partition coefficient (Wildman–Crippen LogP) is 0.635. The minimum atomic E-state index is 0.0632. The van der Waals surface area contributed by atoms with Gasteiger partial charge in [0, 0.05) is 37.7 Å². The molecule has 0 bridgehead atoms. The van der Waals surface area contributed by atoms with Gasteiger partial charge >= 0.3 is 0 Å². The molecule has 1 atom stereocenters. The number of amides is 2. The summed E-state index contributed by atoms with van der Waals surface area (Å²) >= 11 is 0. The van der Waals surface area contributed by atoms with Crippen LogP contribution >= 0.6 is 0 Å².